The minimum absolute atomic E-state index is 0.0505. The van der Waals surface area contributed by atoms with Gasteiger partial charge in [0.1, 0.15) is 0 Å². The summed E-state index contributed by atoms with van der Waals surface area (Å²) >= 11 is 10.9. The largest absolute Gasteiger partial charge is 0.340 e. The van der Waals surface area contributed by atoms with Gasteiger partial charge in [0, 0.05) is 36.4 Å². The van der Waals surface area contributed by atoms with E-state index in [4.69, 9.17) is 23.2 Å². The second kappa shape index (κ2) is 15.5. The standard InChI is InChI=1S/C10H18Cl2N6O4S2/c11-1-5-17(15-21)9(19)13-3-7-23-24-8-4-14-10(20)18(16-22)6-2-12/h1-8H2,(H,13,19)(H,14,20). The van der Waals surface area contributed by atoms with E-state index < -0.39 is 12.1 Å². The summed E-state index contributed by atoms with van der Waals surface area (Å²) < 4.78 is 0. The first-order valence-corrected chi connectivity index (χ1v) is 10.3. The van der Waals surface area contributed by atoms with Gasteiger partial charge in [-0.3, -0.25) is 0 Å². The third-order valence-corrected chi connectivity index (χ3v) is 5.01. The molecule has 0 heterocycles. The van der Waals surface area contributed by atoms with Crippen molar-refractivity contribution >= 4 is 56.9 Å². The number of rotatable bonds is 13. The van der Waals surface area contributed by atoms with Gasteiger partial charge in [0.05, 0.1) is 23.7 Å². The molecule has 0 aromatic carbocycles. The lowest BCUT2D eigenvalue weighted by molar-refractivity contribution is 0.202. The van der Waals surface area contributed by atoms with Crippen LogP contribution in [0.4, 0.5) is 9.59 Å². The number of carbonyl (C=O) groups is 2. The van der Waals surface area contributed by atoms with Crippen molar-refractivity contribution in [1.29, 1.82) is 0 Å². The second-order valence-corrected chi connectivity index (χ2v) is 7.35. The highest BCUT2D eigenvalue weighted by molar-refractivity contribution is 8.76. The van der Waals surface area contributed by atoms with Gasteiger partial charge in [-0.2, -0.15) is 10.0 Å². The Labute approximate surface area is 157 Å². The molecule has 138 valence electrons. The van der Waals surface area contributed by atoms with Crippen LogP contribution >= 0.6 is 44.8 Å². The fourth-order valence-corrected chi connectivity index (χ4v) is 3.35. The third kappa shape index (κ3) is 10.7. The summed E-state index contributed by atoms with van der Waals surface area (Å²) in [6.45, 7) is 0.815. The van der Waals surface area contributed by atoms with Crippen LogP contribution in [0, 0.1) is 9.81 Å². The highest BCUT2D eigenvalue weighted by atomic mass is 35.5. The maximum atomic E-state index is 11.5. The Kier molecular flexibility index (Phi) is 14.9. The summed E-state index contributed by atoms with van der Waals surface area (Å²) in [6, 6.07) is -1.19. The molecule has 0 aromatic rings. The molecule has 0 rings (SSSR count). The Morgan fingerprint density at radius 1 is 0.833 bits per heavy atom. The van der Waals surface area contributed by atoms with E-state index in [2.05, 4.69) is 21.2 Å². The van der Waals surface area contributed by atoms with Gasteiger partial charge in [0.25, 0.3) is 0 Å². The zero-order chi connectivity index (χ0) is 18.2. The molecule has 0 spiro atoms. The molecule has 0 radical (unpaired) electrons. The number of urea groups is 2. The first-order valence-electron chi connectivity index (χ1n) is 6.74. The Morgan fingerprint density at radius 2 is 1.21 bits per heavy atom. The fraction of sp³-hybridized carbons (Fsp3) is 0.800. The lowest BCUT2D eigenvalue weighted by Gasteiger charge is -2.13. The molecule has 4 amide bonds. The summed E-state index contributed by atoms with van der Waals surface area (Å²) in [5.41, 5.74) is 0. The summed E-state index contributed by atoms with van der Waals surface area (Å²) in [4.78, 5) is 43.7. The van der Waals surface area contributed by atoms with Gasteiger partial charge in [0.2, 0.25) is 0 Å². The van der Waals surface area contributed by atoms with Gasteiger partial charge in [0.15, 0.2) is 0 Å². The van der Waals surface area contributed by atoms with Crippen molar-refractivity contribution < 1.29 is 9.59 Å². The summed E-state index contributed by atoms with van der Waals surface area (Å²) in [7, 11) is 2.96. The van der Waals surface area contributed by atoms with E-state index in [-0.39, 0.29) is 24.8 Å². The van der Waals surface area contributed by atoms with Gasteiger partial charge in [-0.15, -0.1) is 33.0 Å². The number of amides is 4. The predicted molar refractivity (Wildman–Crippen MR) is 98.2 cm³/mol. The fourth-order valence-electron chi connectivity index (χ4n) is 1.22. The molecule has 0 saturated heterocycles. The normalized spacial score (nSPS) is 9.92. The summed E-state index contributed by atoms with van der Waals surface area (Å²) in [5, 5.41) is 11.6. The van der Waals surface area contributed by atoms with Crippen LogP contribution in [0.2, 0.25) is 0 Å². The maximum Gasteiger partial charge on any atom is 0.340 e. The number of nitrogens with one attached hydrogen (secondary N) is 2. The average molecular weight is 421 g/mol. The molecular weight excluding hydrogens is 403 g/mol. The smallest absolute Gasteiger partial charge is 0.336 e. The average Bonchev–Trinajstić information content (AvgIpc) is 2.59. The van der Waals surface area contributed by atoms with Crippen LogP contribution in [0.3, 0.4) is 0 Å². The van der Waals surface area contributed by atoms with Crippen molar-refractivity contribution in [3.63, 3.8) is 0 Å². The highest BCUT2D eigenvalue weighted by Crippen LogP contribution is 2.19. The highest BCUT2D eigenvalue weighted by Gasteiger charge is 2.13. The zero-order valence-electron chi connectivity index (χ0n) is 12.7. The molecule has 0 aliphatic rings. The SMILES string of the molecule is O=NN(CCCl)C(=O)NCCSSCCNC(=O)N(CCCl)N=O. The summed E-state index contributed by atoms with van der Waals surface area (Å²) in [5.74, 6) is 1.45. The molecule has 10 nitrogen and oxygen atoms in total. The molecule has 0 unspecified atom stereocenters. The van der Waals surface area contributed by atoms with E-state index in [9.17, 15) is 19.4 Å². The number of halogens is 2. The van der Waals surface area contributed by atoms with Crippen molar-refractivity contribution in [2.75, 3.05) is 49.4 Å². The maximum absolute atomic E-state index is 11.5. The lowest BCUT2D eigenvalue weighted by atomic mass is 10.6. The second-order valence-electron chi connectivity index (χ2n) is 3.90. The van der Waals surface area contributed by atoms with Crippen LogP contribution < -0.4 is 10.6 Å². The zero-order valence-corrected chi connectivity index (χ0v) is 15.8. The molecule has 0 bridgehead atoms. The van der Waals surface area contributed by atoms with E-state index in [1.54, 1.807) is 0 Å². The Hall–Kier alpha value is -0.980. The molecule has 14 heteroatoms. The van der Waals surface area contributed by atoms with Gasteiger partial charge in [-0.25, -0.2) is 9.59 Å². The first kappa shape index (κ1) is 23.0. The topological polar surface area (TPSA) is 124 Å². The summed E-state index contributed by atoms with van der Waals surface area (Å²) in [6.07, 6.45) is 0. The molecule has 0 aromatic heterocycles. The van der Waals surface area contributed by atoms with Gasteiger partial charge in [-0.1, -0.05) is 21.6 Å². The molecule has 0 fully saturated rings. The lowest BCUT2D eigenvalue weighted by Crippen LogP contribution is -2.38. The quantitative estimate of drug-likeness (QED) is 0.155. The van der Waals surface area contributed by atoms with Gasteiger partial charge < -0.3 is 10.6 Å². The van der Waals surface area contributed by atoms with Crippen LogP contribution in [0.1, 0.15) is 0 Å². The van der Waals surface area contributed by atoms with Crippen molar-refractivity contribution in [3.8, 4) is 0 Å². The van der Waals surface area contributed by atoms with Crippen LogP contribution in [-0.4, -0.2) is 71.5 Å². The number of hydrogen-bond acceptors (Lipinski definition) is 8. The van der Waals surface area contributed by atoms with Crippen LogP contribution in [0.5, 0.6) is 0 Å². The van der Waals surface area contributed by atoms with Crippen molar-refractivity contribution in [1.82, 2.24) is 20.7 Å². The molecule has 0 atom stereocenters. The number of alkyl halides is 2. The molecule has 0 saturated carbocycles. The van der Waals surface area contributed by atoms with Crippen molar-refractivity contribution in [2.24, 2.45) is 10.6 Å². The number of nitrogens with zero attached hydrogens (tertiary/aromatic N) is 4. The minimum atomic E-state index is -0.593. The molecular formula is C10H18Cl2N6O4S2. The number of nitroso groups, excluding NO2 is 2. The van der Waals surface area contributed by atoms with Crippen LogP contribution in [-0.2, 0) is 0 Å². The van der Waals surface area contributed by atoms with Crippen molar-refractivity contribution in [3.05, 3.63) is 9.81 Å². The van der Waals surface area contributed by atoms with Gasteiger partial charge >= 0.3 is 12.1 Å². The minimum Gasteiger partial charge on any atom is -0.336 e. The van der Waals surface area contributed by atoms with E-state index in [0.717, 1.165) is 0 Å². The van der Waals surface area contributed by atoms with Crippen LogP contribution in [0.25, 0.3) is 0 Å². The van der Waals surface area contributed by atoms with Crippen LogP contribution in [0.15, 0.2) is 10.6 Å². The first-order chi connectivity index (χ1) is 11.6. The van der Waals surface area contributed by atoms with E-state index in [1.807, 2.05) is 0 Å². The Morgan fingerprint density at radius 3 is 1.50 bits per heavy atom. The molecule has 24 heavy (non-hydrogen) atoms. The molecule has 2 N–H and O–H groups in total. The Bertz CT molecular complexity index is 374. The monoisotopic (exact) mass is 420 g/mol. The van der Waals surface area contributed by atoms with E-state index in [0.29, 0.717) is 34.6 Å². The third-order valence-electron chi connectivity index (χ3n) is 2.27. The molecule has 0 aliphatic carbocycles. The number of carbonyl (C=O) groups excluding carboxylic acids is 2. The Balaban J connectivity index is 3.64. The predicted octanol–water partition coefficient (Wildman–Crippen LogP) is 2.23. The van der Waals surface area contributed by atoms with Crippen molar-refractivity contribution in [2.45, 2.75) is 0 Å². The number of hydrogen-bond donors (Lipinski definition) is 2. The van der Waals surface area contributed by atoms with Gasteiger partial charge in [-0.05, 0) is 0 Å². The van der Waals surface area contributed by atoms with E-state index in [1.165, 1.54) is 21.6 Å². The molecule has 0 aliphatic heterocycles. The van der Waals surface area contributed by atoms with E-state index >= 15 is 0 Å².